The highest BCUT2D eigenvalue weighted by molar-refractivity contribution is 9.10. The summed E-state index contributed by atoms with van der Waals surface area (Å²) in [6, 6.07) is 15.9. The number of halogens is 2. The summed E-state index contributed by atoms with van der Waals surface area (Å²) in [6.07, 6.45) is 0. The van der Waals surface area contributed by atoms with Gasteiger partial charge in [0, 0.05) is 21.0 Å². The molecule has 24 heavy (non-hydrogen) atoms. The summed E-state index contributed by atoms with van der Waals surface area (Å²) in [6.45, 7) is 4.95. The highest BCUT2D eigenvalue weighted by Gasteiger charge is 2.20. The van der Waals surface area contributed by atoms with Gasteiger partial charge < -0.3 is 10.3 Å². The van der Waals surface area contributed by atoms with E-state index in [4.69, 9.17) is 22.3 Å². The van der Waals surface area contributed by atoms with E-state index in [1.165, 1.54) is 5.56 Å². The molecule has 124 valence electrons. The van der Waals surface area contributed by atoms with Gasteiger partial charge in [0.25, 0.3) is 0 Å². The van der Waals surface area contributed by atoms with Crippen molar-refractivity contribution in [1.82, 2.24) is 9.55 Å². The van der Waals surface area contributed by atoms with Crippen molar-refractivity contribution >= 4 is 33.3 Å². The van der Waals surface area contributed by atoms with Crippen molar-refractivity contribution in [2.24, 2.45) is 0 Å². The number of aromatic nitrogens is 2. The van der Waals surface area contributed by atoms with E-state index in [-0.39, 0.29) is 5.92 Å². The Morgan fingerprint density at radius 2 is 1.88 bits per heavy atom. The van der Waals surface area contributed by atoms with Gasteiger partial charge in [-0.2, -0.15) is 0 Å². The van der Waals surface area contributed by atoms with Gasteiger partial charge in [-0.1, -0.05) is 71.7 Å². The maximum Gasteiger partial charge on any atom is 0.132 e. The summed E-state index contributed by atoms with van der Waals surface area (Å²) in [4.78, 5) is 4.83. The highest BCUT2D eigenvalue weighted by atomic mass is 79.9. The van der Waals surface area contributed by atoms with Crippen LogP contribution < -0.4 is 5.73 Å². The number of nitrogens with two attached hydrogens (primary N) is 1. The Morgan fingerprint density at radius 3 is 2.54 bits per heavy atom. The third-order valence-corrected chi connectivity index (χ3v) is 4.85. The number of imidazole rings is 1. The van der Waals surface area contributed by atoms with Gasteiger partial charge in [0.15, 0.2) is 0 Å². The molecule has 0 spiro atoms. The largest absolute Gasteiger partial charge is 0.383 e. The number of anilines is 1. The zero-order valence-corrected chi connectivity index (χ0v) is 16.0. The van der Waals surface area contributed by atoms with Crippen molar-refractivity contribution in [3.63, 3.8) is 0 Å². The molecule has 1 aromatic heterocycles. The molecule has 3 nitrogen and oxygen atoms in total. The molecule has 0 saturated carbocycles. The minimum Gasteiger partial charge on any atom is -0.383 e. The lowest BCUT2D eigenvalue weighted by atomic mass is 10.1. The van der Waals surface area contributed by atoms with Crippen molar-refractivity contribution in [1.29, 1.82) is 0 Å². The maximum atomic E-state index is 6.48. The summed E-state index contributed by atoms with van der Waals surface area (Å²) >= 11 is 9.74. The summed E-state index contributed by atoms with van der Waals surface area (Å²) in [5, 5.41) is 0.663. The van der Waals surface area contributed by atoms with Crippen LogP contribution in [0, 0.1) is 0 Å². The fraction of sp³-hybridized carbons (Fsp3) is 0.211. The fourth-order valence-electron chi connectivity index (χ4n) is 2.73. The predicted octanol–water partition coefficient (Wildman–Crippen LogP) is 5.72. The second-order valence-electron chi connectivity index (χ2n) is 6.05. The Hall–Kier alpha value is -1.78. The molecule has 0 radical (unpaired) electrons. The van der Waals surface area contributed by atoms with Crippen LogP contribution in [-0.2, 0) is 6.54 Å². The molecule has 2 N–H and O–H groups in total. The van der Waals surface area contributed by atoms with Gasteiger partial charge in [-0.25, -0.2) is 4.98 Å². The standard InChI is InChI=1S/C19H19BrClN3/c1-12(2)19-23-17(15-10-14(21)8-9-16(15)20)18(22)24(19)11-13-6-4-3-5-7-13/h3-10,12H,11,22H2,1-2H3. The first kappa shape index (κ1) is 17.1. The monoisotopic (exact) mass is 403 g/mol. The molecule has 0 saturated heterocycles. The molecule has 0 fully saturated rings. The fourth-order valence-corrected chi connectivity index (χ4v) is 3.34. The minimum atomic E-state index is 0.266. The van der Waals surface area contributed by atoms with Crippen LogP contribution in [0.3, 0.4) is 0 Å². The predicted molar refractivity (Wildman–Crippen MR) is 104 cm³/mol. The van der Waals surface area contributed by atoms with Gasteiger partial charge in [0.05, 0.1) is 6.54 Å². The van der Waals surface area contributed by atoms with Gasteiger partial charge in [-0.15, -0.1) is 0 Å². The lowest BCUT2D eigenvalue weighted by Gasteiger charge is -2.12. The van der Waals surface area contributed by atoms with Gasteiger partial charge >= 0.3 is 0 Å². The molecule has 0 unspecified atom stereocenters. The average Bonchev–Trinajstić information content (AvgIpc) is 2.88. The van der Waals surface area contributed by atoms with Crippen LogP contribution in [0.5, 0.6) is 0 Å². The maximum absolute atomic E-state index is 6.48. The molecule has 0 aliphatic carbocycles. The Balaban J connectivity index is 2.13. The third kappa shape index (κ3) is 3.35. The van der Waals surface area contributed by atoms with Gasteiger partial charge in [0.1, 0.15) is 17.3 Å². The molecule has 2 aromatic carbocycles. The molecule has 5 heteroatoms. The molecule has 0 amide bonds. The topological polar surface area (TPSA) is 43.8 Å². The average molecular weight is 405 g/mol. The third-order valence-electron chi connectivity index (χ3n) is 3.92. The Morgan fingerprint density at radius 1 is 1.17 bits per heavy atom. The number of hydrogen-bond acceptors (Lipinski definition) is 2. The number of nitrogens with zero attached hydrogens (tertiary/aromatic N) is 2. The quantitative estimate of drug-likeness (QED) is 0.604. The van der Waals surface area contributed by atoms with E-state index >= 15 is 0 Å². The normalized spacial score (nSPS) is 11.2. The first-order valence-electron chi connectivity index (χ1n) is 7.82. The van der Waals surface area contributed by atoms with Crippen molar-refractivity contribution in [3.8, 4) is 11.3 Å². The zero-order chi connectivity index (χ0) is 17.3. The molecule has 0 atom stereocenters. The molecule has 1 heterocycles. The van der Waals surface area contributed by atoms with Crippen molar-refractivity contribution < 1.29 is 0 Å². The Kier molecular flexibility index (Phi) is 4.97. The van der Waals surface area contributed by atoms with Crippen LogP contribution in [0.4, 0.5) is 5.82 Å². The molecule has 3 aromatic rings. The Bertz CT molecular complexity index is 857. The first-order chi connectivity index (χ1) is 11.5. The van der Waals surface area contributed by atoms with Gasteiger partial charge in [-0.3, -0.25) is 0 Å². The molecule has 0 bridgehead atoms. The second-order valence-corrected chi connectivity index (χ2v) is 7.35. The molecular weight excluding hydrogens is 386 g/mol. The van der Waals surface area contributed by atoms with Crippen molar-refractivity contribution in [2.45, 2.75) is 26.3 Å². The first-order valence-corrected chi connectivity index (χ1v) is 8.99. The van der Waals surface area contributed by atoms with E-state index in [1.54, 1.807) is 0 Å². The van der Waals surface area contributed by atoms with Crippen molar-refractivity contribution in [2.75, 3.05) is 5.73 Å². The van der Waals surface area contributed by atoms with Gasteiger partial charge in [0.2, 0.25) is 0 Å². The number of nitrogen functional groups attached to an aromatic ring is 1. The van der Waals surface area contributed by atoms with E-state index in [0.29, 0.717) is 17.4 Å². The summed E-state index contributed by atoms with van der Waals surface area (Å²) in [5.41, 5.74) is 9.35. The summed E-state index contributed by atoms with van der Waals surface area (Å²) in [7, 11) is 0. The van der Waals surface area contributed by atoms with Crippen LogP contribution in [0.15, 0.2) is 53.0 Å². The smallest absolute Gasteiger partial charge is 0.132 e. The van der Waals surface area contributed by atoms with E-state index in [2.05, 4.69) is 46.5 Å². The van der Waals surface area contributed by atoms with Crippen LogP contribution in [0.2, 0.25) is 5.02 Å². The Labute approximate surface area is 155 Å². The minimum absolute atomic E-state index is 0.266. The molecular formula is C19H19BrClN3. The number of hydrogen-bond donors (Lipinski definition) is 1. The second kappa shape index (κ2) is 6.99. The van der Waals surface area contributed by atoms with E-state index in [1.807, 2.05) is 36.4 Å². The van der Waals surface area contributed by atoms with E-state index in [0.717, 1.165) is 21.6 Å². The zero-order valence-electron chi connectivity index (χ0n) is 13.6. The number of benzene rings is 2. The lowest BCUT2D eigenvalue weighted by Crippen LogP contribution is -2.09. The van der Waals surface area contributed by atoms with Crippen LogP contribution in [-0.4, -0.2) is 9.55 Å². The lowest BCUT2D eigenvalue weighted by molar-refractivity contribution is 0.675. The molecule has 0 aliphatic heterocycles. The molecule has 3 rings (SSSR count). The van der Waals surface area contributed by atoms with Crippen LogP contribution in [0.1, 0.15) is 31.2 Å². The molecule has 0 aliphatic rings. The van der Waals surface area contributed by atoms with E-state index in [9.17, 15) is 0 Å². The van der Waals surface area contributed by atoms with Crippen LogP contribution >= 0.6 is 27.5 Å². The van der Waals surface area contributed by atoms with Crippen LogP contribution in [0.25, 0.3) is 11.3 Å². The van der Waals surface area contributed by atoms with Crippen molar-refractivity contribution in [3.05, 3.63) is 69.4 Å². The highest BCUT2D eigenvalue weighted by Crippen LogP contribution is 2.36. The van der Waals surface area contributed by atoms with E-state index < -0.39 is 0 Å². The number of rotatable bonds is 4. The van der Waals surface area contributed by atoms with Gasteiger partial charge in [-0.05, 0) is 23.8 Å². The summed E-state index contributed by atoms with van der Waals surface area (Å²) in [5.74, 6) is 1.89. The SMILES string of the molecule is CC(C)c1nc(-c2cc(Cl)ccc2Br)c(N)n1Cc1ccccc1. The summed E-state index contributed by atoms with van der Waals surface area (Å²) < 4.78 is 3.01.